The fraction of sp³-hybridized carbons (Fsp3) is 0.385. The lowest BCUT2D eigenvalue weighted by Crippen LogP contribution is -2.36. The molecule has 0 aromatic heterocycles. The lowest BCUT2D eigenvalue weighted by Gasteiger charge is -2.09. The average Bonchev–Trinajstić information content (AvgIpc) is 2.41. The van der Waals surface area contributed by atoms with Gasteiger partial charge in [-0.05, 0) is 30.7 Å². The first-order chi connectivity index (χ1) is 10.2. The summed E-state index contributed by atoms with van der Waals surface area (Å²) >= 11 is 4.55. The molecule has 0 bridgehead atoms. The predicted octanol–water partition coefficient (Wildman–Crippen LogP) is 3.07. The standard InChI is InChI=1S/C13H13BrF3NO3S/c1-8-4-9(14)2-3-10(8)22-6-12(20)21-5-11(19)18-7-13(15,16)17/h2-4H,5-7H2,1H3,(H,18,19). The van der Waals surface area contributed by atoms with Crippen LogP contribution in [0.1, 0.15) is 5.56 Å². The molecule has 1 aromatic rings. The third-order valence-corrected chi connectivity index (χ3v) is 3.98. The Balaban J connectivity index is 2.30. The van der Waals surface area contributed by atoms with Crippen molar-refractivity contribution in [1.82, 2.24) is 5.32 Å². The number of carbonyl (C=O) groups is 2. The van der Waals surface area contributed by atoms with E-state index in [9.17, 15) is 22.8 Å². The van der Waals surface area contributed by atoms with Crippen LogP contribution in [-0.4, -0.2) is 37.0 Å². The zero-order chi connectivity index (χ0) is 16.8. The van der Waals surface area contributed by atoms with E-state index in [0.717, 1.165) is 14.9 Å². The normalized spacial score (nSPS) is 11.1. The Hall–Kier alpha value is -1.22. The van der Waals surface area contributed by atoms with Crippen molar-refractivity contribution >= 4 is 39.6 Å². The second kappa shape index (κ2) is 8.42. The average molecular weight is 400 g/mol. The van der Waals surface area contributed by atoms with Gasteiger partial charge in [-0.3, -0.25) is 9.59 Å². The van der Waals surface area contributed by atoms with Crippen LogP contribution in [0.5, 0.6) is 0 Å². The van der Waals surface area contributed by atoms with E-state index in [4.69, 9.17) is 0 Å². The maximum atomic E-state index is 11.9. The van der Waals surface area contributed by atoms with Crippen LogP contribution in [0.4, 0.5) is 13.2 Å². The van der Waals surface area contributed by atoms with Crippen molar-refractivity contribution in [2.24, 2.45) is 0 Å². The van der Waals surface area contributed by atoms with Gasteiger partial charge >= 0.3 is 12.1 Å². The quantitative estimate of drug-likeness (QED) is 0.589. The van der Waals surface area contributed by atoms with Crippen LogP contribution in [0.25, 0.3) is 0 Å². The minimum atomic E-state index is -4.49. The van der Waals surface area contributed by atoms with Gasteiger partial charge in [0.15, 0.2) is 6.61 Å². The molecule has 1 rings (SSSR count). The van der Waals surface area contributed by atoms with Gasteiger partial charge in [0.25, 0.3) is 5.91 Å². The van der Waals surface area contributed by atoms with Gasteiger partial charge < -0.3 is 10.1 Å². The lowest BCUT2D eigenvalue weighted by molar-refractivity contribution is -0.149. The summed E-state index contributed by atoms with van der Waals surface area (Å²) in [7, 11) is 0. The molecule has 0 aliphatic carbocycles. The van der Waals surface area contributed by atoms with Crippen LogP contribution in [0.3, 0.4) is 0 Å². The molecule has 0 unspecified atom stereocenters. The number of rotatable bonds is 6. The van der Waals surface area contributed by atoms with Crippen LogP contribution in [0, 0.1) is 6.92 Å². The second-order valence-electron chi connectivity index (χ2n) is 4.25. The third kappa shape index (κ3) is 7.69. The highest BCUT2D eigenvalue weighted by atomic mass is 79.9. The molecule has 0 saturated heterocycles. The molecule has 0 atom stereocenters. The summed E-state index contributed by atoms with van der Waals surface area (Å²) in [4.78, 5) is 23.4. The second-order valence-corrected chi connectivity index (χ2v) is 6.18. The minimum Gasteiger partial charge on any atom is -0.455 e. The summed E-state index contributed by atoms with van der Waals surface area (Å²) in [5.41, 5.74) is 0.968. The fourth-order valence-electron chi connectivity index (χ4n) is 1.35. The SMILES string of the molecule is Cc1cc(Br)ccc1SCC(=O)OCC(=O)NCC(F)(F)F. The van der Waals surface area contributed by atoms with Gasteiger partial charge in [-0.2, -0.15) is 13.2 Å². The van der Waals surface area contributed by atoms with E-state index in [-0.39, 0.29) is 5.75 Å². The highest BCUT2D eigenvalue weighted by Crippen LogP contribution is 2.25. The maximum absolute atomic E-state index is 11.9. The van der Waals surface area contributed by atoms with Gasteiger partial charge in [0.1, 0.15) is 6.54 Å². The molecule has 1 amide bonds. The topological polar surface area (TPSA) is 55.4 Å². The van der Waals surface area contributed by atoms with Gasteiger partial charge in [0, 0.05) is 9.37 Å². The van der Waals surface area contributed by atoms with Crippen LogP contribution >= 0.6 is 27.7 Å². The van der Waals surface area contributed by atoms with Crippen molar-refractivity contribution in [3.63, 3.8) is 0 Å². The number of ether oxygens (including phenoxy) is 1. The summed E-state index contributed by atoms with van der Waals surface area (Å²) in [6.07, 6.45) is -4.49. The number of hydrogen-bond donors (Lipinski definition) is 1. The van der Waals surface area contributed by atoms with Gasteiger partial charge in [0.05, 0.1) is 5.75 Å². The predicted molar refractivity (Wildman–Crippen MR) is 79.6 cm³/mol. The van der Waals surface area contributed by atoms with Crippen LogP contribution in [-0.2, 0) is 14.3 Å². The number of aryl methyl sites for hydroxylation is 1. The Morgan fingerprint density at radius 2 is 2.05 bits per heavy atom. The molecule has 0 spiro atoms. The summed E-state index contributed by atoms with van der Waals surface area (Å²) in [6, 6.07) is 5.54. The van der Waals surface area contributed by atoms with Crippen molar-refractivity contribution in [1.29, 1.82) is 0 Å². The minimum absolute atomic E-state index is 0.0327. The van der Waals surface area contributed by atoms with Crippen molar-refractivity contribution in [3.8, 4) is 0 Å². The number of thioether (sulfide) groups is 1. The van der Waals surface area contributed by atoms with Gasteiger partial charge in [-0.15, -0.1) is 11.8 Å². The molecule has 0 radical (unpaired) electrons. The first kappa shape index (κ1) is 18.8. The Morgan fingerprint density at radius 3 is 2.64 bits per heavy atom. The van der Waals surface area contributed by atoms with Crippen LogP contribution in [0.2, 0.25) is 0 Å². The lowest BCUT2D eigenvalue weighted by atomic mass is 10.2. The van der Waals surface area contributed by atoms with Crippen molar-refractivity contribution in [2.75, 3.05) is 18.9 Å². The molecule has 0 aliphatic rings. The Morgan fingerprint density at radius 1 is 1.36 bits per heavy atom. The van der Waals surface area contributed by atoms with E-state index in [0.29, 0.717) is 0 Å². The summed E-state index contributed by atoms with van der Waals surface area (Å²) in [5, 5.41) is 1.61. The molecular weight excluding hydrogens is 387 g/mol. The molecule has 0 aliphatic heterocycles. The highest BCUT2D eigenvalue weighted by molar-refractivity contribution is 9.10. The number of alkyl halides is 3. The molecule has 0 saturated carbocycles. The zero-order valence-corrected chi connectivity index (χ0v) is 13.9. The molecule has 0 heterocycles. The van der Waals surface area contributed by atoms with E-state index in [2.05, 4.69) is 20.7 Å². The Kier molecular flexibility index (Phi) is 7.21. The third-order valence-electron chi connectivity index (χ3n) is 2.33. The maximum Gasteiger partial charge on any atom is 0.405 e. The molecule has 1 aromatic carbocycles. The highest BCUT2D eigenvalue weighted by Gasteiger charge is 2.27. The van der Waals surface area contributed by atoms with E-state index in [1.807, 2.05) is 25.1 Å². The summed E-state index contributed by atoms with van der Waals surface area (Å²) in [5.74, 6) is -1.69. The number of esters is 1. The zero-order valence-electron chi connectivity index (χ0n) is 11.5. The number of benzene rings is 1. The van der Waals surface area contributed by atoms with E-state index >= 15 is 0 Å². The van der Waals surface area contributed by atoms with E-state index in [1.54, 1.807) is 5.32 Å². The Bertz CT molecular complexity index is 552. The van der Waals surface area contributed by atoms with Gasteiger partial charge in [-0.25, -0.2) is 0 Å². The first-order valence-electron chi connectivity index (χ1n) is 6.05. The van der Waals surface area contributed by atoms with E-state index in [1.165, 1.54) is 11.8 Å². The molecule has 22 heavy (non-hydrogen) atoms. The first-order valence-corrected chi connectivity index (χ1v) is 7.83. The van der Waals surface area contributed by atoms with E-state index < -0.39 is 31.2 Å². The van der Waals surface area contributed by atoms with Crippen molar-refractivity contribution in [3.05, 3.63) is 28.2 Å². The number of nitrogens with one attached hydrogen (secondary N) is 1. The number of carbonyl (C=O) groups excluding carboxylic acids is 2. The molecule has 122 valence electrons. The van der Waals surface area contributed by atoms with Gasteiger partial charge in [-0.1, -0.05) is 15.9 Å². The largest absolute Gasteiger partial charge is 0.455 e. The number of hydrogen-bond acceptors (Lipinski definition) is 4. The molecule has 0 fully saturated rings. The van der Waals surface area contributed by atoms with Crippen molar-refractivity contribution < 1.29 is 27.5 Å². The smallest absolute Gasteiger partial charge is 0.405 e. The van der Waals surface area contributed by atoms with Gasteiger partial charge in [0.2, 0.25) is 0 Å². The number of halogens is 4. The molecule has 9 heteroatoms. The summed E-state index contributed by atoms with van der Waals surface area (Å²) < 4.78 is 41.1. The van der Waals surface area contributed by atoms with Crippen LogP contribution < -0.4 is 5.32 Å². The molecular formula is C13H13BrF3NO3S. The number of amides is 1. The fourth-order valence-corrected chi connectivity index (χ4v) is 2.63. The molecule has 1 N–H and O–H groups in total. The Labute approximate surface area is 137 Å². The van der Waals surface area contributed by atoms with Crippen molar-refractivity contribution in [2.45, 2.75) is 18.0 Å². The van der Waals surface area contributed by atoms with Crippen LogP contribution in [0.15, 0.2) is 27.6 Å². The summed E-state index contributed by atoms with van der Waals surface area (Å²) in [6.45, 7) is -0.298. The molecule has 4 nitrogen and oxygen atoms in total. The monoisotopic (exact) mass is 399 g/mol.